The second-order valence-electron chi connectivity index (χ2n) is 5.89. The Morgan fingerprint density at radius 1 is 1.50 bits per heavy atom. The van der Waals surface area contributed by atoms with Gasteiger partial charge in [0, 0.05) is 23.6 Å². The van der Waals surface area contributed by atoms with E-state index in [-0.39, 0.29) is 5.41 Å². The van der Waals surface area contributed by atoms with Crippen molar-refractivity contribution < 1.29 is 9.90 Å². The molecule has 0 aliphatic carbocycles. The standard InChI is InChI=1S/C14H19N3O2S/c1-9(13(18)19)8-20-12-10-7-11(14(2,3)4)16-17(10)6-5-15-12/h5-7,9H,8H2,1-4H3,(H,18,19). The molecule has 0 saturated carbocycles. The van der Waals surface area contributed by atoms with Crippen molar-refractivity contribution in [2.45, 2.75) is 38.1 Å². The topological polar surface area (TPSA) is 67.5 Å². The monoisotopic (exact) mass is 293 g/mol. The molecule has 20 heavy (non-hydrogen) atoms. The molecular weight excluding hydrogens is 274 g/mol. The molecule has 0 aliphatic rings. The molecule has 0 saturated heterocycles. The number of carboxylic acids is 1. The van der Waals surface area contributed by atoms with Crippen LogP contribution < -0.4 is 0 Å². The minimum Gasteiger partial charge on any atom is -0.481 e. The molecule has 0 spiro atoms. The molecule has 0 radical (unpaired) electrons. The number of fused-ring (bicyclic) bond motifs is 1. The van der Waals surface area contributed by atoms with Crippen LogP contribution >= 0.6 is 11.8 Å². The highest BCUT2D eigenvalue weighted by atomic mass is 32.2. The first-order valence-electron chi connectivity index (χ1n) is 6.49. The normalized spacial score (nSPS) is 13.6. The Balaban J connectivity index is 2.30. The van der Waals surface area contributed by atoms with Crippen molar-refractivity contribution in [3.63, 3.8) is 0 Å². The Kier molecular flexibility index (Phi) is 4.04. The highest BCUT2D eigenvalue weighted by molar-refractivity contribution is 7.99. The van der Waals surface area contributed by atoms with E-state index >= 15 is 0 Å². The summed E-state index contributed by atoms with van der Waals surface area (Å²) in [5.74, 6) is -0.682. The first-order chi connectivity index (χ1) is 9.29. The number of aliphatic carboxylic acids is 1. The van der Waals surface area contributed by atoms with Crippen molar-refractivity contribution in [1.29, 1.82) is 0 Å². The first kappa shape index (κ1) is 14.8. The van der Waals surface area contributed by atoms with Crippen LogP contribution in [-0.4, -0.2) is 31.4 Å². The Morgan fingerprint density at radius 3 is 2.80 bits per heavy atom. The molecule has 2 heterocycles. The number of hydrogen-bond donors (Lipinski definition) is 1. The summed E-state index contributed by atoms with van der Waals surface area (Å²) in [6.45, 7) is 8.04. The molecule has 1 atom stereocenters. The smallest absolute Gasteiger partial charge is 0.307 e. The van der Waals surface area contributed by atoms with E-state index in [1.807, 2.05) is 12.3 Å². The fraction of sp³-hybridized carbons (Fsp3) is 0.500. The second-order valence-corrected chi connectivity index (χ2v) is 6.90. The van der Waals surface area contributed by atoms with E-state index in [1.54, 1.807) is 17.6 Å². The SMILES string of the molecule is CC(CSc1nccn2nc(C(C)(C)C)cc12)C(=O)O. The molecule has 0 aromatic carbocycles. The van der Waals surface area contributed by atoms with E-state index in [0.717, 1.165) is 16.2 Å². The fourth-order valence-electron chi connectivity index (χ4n) is 1.65. The van der Waals surface area contributed by atoms with Gasteiger partial charge in [0.2, 0.25) is 0 Å². The predicted octanol–water partition coefficient (Wildman–Crippen LogP) is 2.84. The lowest BCUT2D eigenvalue weighted by atomic mass is 9.92. The van der Waals surface area contributed by atoms with Crippen molar-refractivity contribution >= 4 is 23.2 Å². The molecule has 0 fully saturated rings. The maximum atomic E-state index is 10.9. The largest absolute Gasteiger partial charge is 0.481 e. The lowest BCUT2D eigenvalue weighted by Gasteiger charge is -2.13. The molecule has 6 heteroatoms. The Labute approximate surface area is 122 Å². The van der Waals surface area contributed by atoms with E-state index in [1.165, 1.54) is 11.8 Å². The summed E-state index contributed by atoms with van der Waals surface area (Å²) in [5.41, 5.74) is 1.90. The van der Waals surface area contributed by atoms with E-state index in [2.05, 4.69) is 30.9 Å². The van der Waals surface area contributed by atoms with Gasteiger partial charge >= 0.3 is 5.97 Å². The zero-order chi connectivity index (χ0) is 14.9. The summed E-state index contributed by atoms with van der Waals surface area (Å²) < 4.78 is 1.81. The minimum absolute atomic E-state index is 0.0255. The number of carbonyl (C=O) groups is 1. The molecule has 0 bridgehead atoms. The summed E-state index contributed by atoms with van der Waals surface area (Å²) >= 11 is 1.46. The summed E-state index contributed by atoms with van der Waals surface area (Å²) in [7, 11) is 0. The summed E-state index contributed by atoms with van der Waals surface area (Å²) in [5, 5.41) is 14.3. The van der Waals surface area contributed by atoms with Crippen LogP contribution in [0.5, 0.6) is 0 Å². The number of hydrogen-bond acceptors (Lipinski definition) is 4. The van der Waals surface area contributed by atoms with Crippen LogP contribution in [0.15, 0.2) is 23.5 Å². The number of rotatable bonds is 4. The van der Waals surface area contributed by atoms with Gasteiger partial charge in [0.1, 0.15) is 5.03 Å². The van der Waals surface area contributed by atoms with Crippen LogP contribution in [0.1, 0.15) is 33.4 Å². The Morgan fingerprint density at radius 2 is 2.20 bits per heavy atom. The van der Waals surface area contributed by atoms with Gasteiger partial charge in [0.25, 0.3) is 0 Å². The van der Waals surface area contributed by atoms with Crippen LogP contribution in [0.3, 0.4) is 0 Å². The van der Waals surface area contributed by atoms with Gasteiger partial charge < -0.3 is 5.11 Å². The van der Waals surface area contributed by atoms with Crippen LogP contribution in [0.2, 0.25) is 0 Å². The molecule has 1 unspecified atom stereocenters. The van der Waals surface area contributed by atoms with E-state index in [9.17, 15) is 4.79 Å². The fourth-order valence-corrected chi connectivity index (χ4v) is 2.64. The maximum Gasteiger partial charge on any atom is 0.307 e. The lowest BCUT2D eigenvalue weighted by molar-refractivity contribution is -0.140. The molecule has 2 aromatic heterocycles. The number of aromatic nitrogens is 3. The van der Waals surface area contributed by atoms with Gasteiger partial charge in [-0.05, 0) is 6.07 Å². The quantitative estimate of drug-likeness (QED) is 0.878. The maximum absolute atomic E-state index is 10.9. The lowest BCUT2D eigenvalue weighted by Crippen LogP contribution is -2.11. The number of carboxylic acid groups (broad SMARTS) is 1. The highest BCUT2D eigenvalue weighted by Crippen LogP contribution is 2.27. The molecule has 2 rings (SSSR count). The molecule has 1 N–H and O–H groups in total. The van der Waals surface area contributed by atoms with Crippen LogP contribution in [0, 0.1) is 5.92 Å². The summed E-state index contributed by atoms with van der Waals surface area (Å²) in [6.07, 6.45) is 3.51. The van der Waals surface area contributed by atoms with Crippen molar-refractivity contribution in [3.8, 4) is 0 Å². The second kappa shape index (κ2) is 5.44. The Bertz CT molecular complexity index is 631. The van der Waals surface area contributed by atoms with Gasteiger partial charge in [-0.25, -0.2) is 9.50 Å². The van der Waals surface area contributed by atoms with Gasteiger partial charge in [-0.15, -0.1) is 11.8 Å². The van der Waals surface area contributed by atoms with Crippen molar-refractivity contribution in [2.24, 2.45) is 5.92 Å². The molecular formula is C14H19N3O2S. The third-order valence-electron chi connectivity index (χ3n) is 3.01. The summed E-state index contributed by atoms with van der Waals surface area (Å²) in [6, 6.07) is 2.03. The number of thioether (sulfide) groups is 1. The van der Waals surface area contributed by atoms with Crippen molar-refractivity contribution in [3.05, 3.63) is 24.2 Å². The van der Waals surface area contributed by atoms with Crippen LogP contribution in [0.25, 0.3) is 5.52 Å². The zero-order valence-electron chi connectivity index (χ0n) is 12.1. The third-order valence-corrected chi connectivity index (χ3v) is 4.27. The molecule has 0 aliphatic heterocycles. The van der Waals surface area contributed by atoms with Crippen molar-refractivity contribution in [1.82, 2.24) is 14.6 Å². The molecule has 108 valence electrons. The van der Waals surface area contributed by atoms with E-state index in [0.29, 0.717) is 5.75 Å². The van der Waals surface area contributed by atoms with Crippen LogP contribution in [-0.2, 0) is 10.2 Å². The number of nitrogens with zero attached hydrogens (tertiary/aromatic N) is 3. The average molecular weight is 293 g/mol. The summed E-state index contributed by atoms with van der Waals surface area (Å²) in [4.78, 5) is 15.2. The predicted molar refractivity (Wildman–Crippen MR) is 79.2 cm³/mol. The highest BCUT2D eigenvalue weighted by Gasteiger charge is 2.20. The first-order valence-corrected chi connectivity index (χ1v) is 7.48. The molecule has 2 aromatic rings. The van der Waals surface area contributed by atoms with Crippen LogP contribution in [0.4, 0.5) is 0 Å². The van der Waals surface area contributed by atoms with Crippen molar-refractivity contribution in [2.75, 3.05) is 5.75 Å². The molecule has 0 amide bonds. The average Bonchev–Trinajstić information content (AvgIpc) is 2.79. The van der Waals surface area contributed by atoms with Gasteiger partial charge in [-0.3, -0.25) is 4.79 Å². The zero-order valence-corrected chi connectivity index (χ0v) is 12.9. The van der Waals surface area contributed by atoms with Gasteiger partial charge in [-0.2, -0.15) is 5.10 Å². The van der Waals surface area contributed by atoms with Gasteiger partial charge in [-0.1, -0.05) is 27.7 Å². The molecule has 5 nitrogen and oxygen atoms in total. The minimum atomic E-state index is -0.784. The van der Waals surface area contributed by atoms with E-state index < -0.39 is 11.9 Å². The van der Waals surface area contributed by atoms with Gasteiger partial charge in [0.05, 0.1) is 17.1 Å². The third kappa shape index (κ3) is 3.12. The Hall–Kier alpha value is -1.56. The van der Waals surface area contributed by atoms with E-state index in [4.69, 9.17) is 5.11 Å². The van der Waals surface area contributed by atoms with Gasteiger partial charge in [0.15, 0.2) is 0 Å².